The predicted molar refractivity (Wildman–Crippen MR) is 83.4 cm³/mol. The Bertz CT molecular complexity index is 415. The summed E-state index contributed by atoms with van der Waals surface area (Å²) >= 11 is 0. The van der Waals surface area contributed by atoms with E-state index in [2.05, 4.69) is 34.5 Å². The van der Waals surface area contributed by atoms with Gasteiger partial charge in [0.25, 0.3) is 0 Å². The fourth-order valence-corrected chi connectivity index (χ4v) is 3.31. The third-order valence-electron chi connectivity index (χ3n) is 4.45. The maximum atomic E-state index is 5.51. The third kappa shape index (κ3) is 3.53. The highest BCUT2D eigenvalue weighted by atomic mass is 16.5. The molecule has 0 radical (unpaired) electrons. The molecule has 2 heterocycles. The first-order valence-corrected chi connectivity index (χ1v) is 8.05. The van der Waals surface area contributed by atoms with Gasteiger partial charge >= 0.3 is 0 Å². The highest BCUT2D eigenvalue weighted by Crippen LogP contribution is 2.27. The van der Waals surface area contributed by atoms with Crippen molar-refractivity contribution in [2.24, 2.45) is 5.92 Å². The minimum atomic E-state index is 0.733. The summed E-state index contributed by atoms with van der Waals surface area (Å²) in [4.78, 5) is 2.53. The van der Waals surface area contributed by atoms with Gasteiger partial charge in [0.05, 0.1) is 6.61 Å². The molecule has 1 atom stereocenters. The molecule has 0 bridgehead atoms. The van der Waals surface area contributed by atoms with Crippen LogP contribution < -0.4 is 10.2 Å². The van der Waals surface area contributed by atoms with Crippen molar-refractivity contribution in [1.29, 1.82) is 0 Å². The average molecular weight is 274 g/mol. The van der Waals surface area contributed by atoms with Crippen LogP contribution in [0.5, 0.6) is 0 Å². The van der Waals surface area contributed by atoms with E-state index in [0.29, 0.717) is 0 Å². The maximum Gasteiger partial charge on any atom is 0.0506 e. The molecule has 2 aliphatic heterocycles. The van der Waals surface area contributed by atoms with Crippen molar-refractivity contribution in [3.05, 3.63) is 29.8 Å². The summed E-state index contributed by atoms with van der Waals surface area (Å²) in [7, 11) is 0. The molecule has 3 rings (SSSR count). The number of nitrogens with one attached hydrogen (secondary N) is 1. The number of para-hydroxylation sites is 1. The number of hydrogen-bond donors (Lipinski definition) is 1. The molecule has 1 saturated heterocycles. The van der Waals surface area contributed by atoms with E-state index in [1.807, 2.05) is 0 Å². The standard InChI is InChI=1S/C17H26N2O/c1-2-7-17-16(6-1)8-11-19(17)10-4-9-18-13-15-5-3-12-20-14-15/h1-2,6-7,15,18H,3-5,8-14H2. The maximum absolute atomic E-state index is 5.51. The van der Waals surface area contributed by atoms with E-state index in [4.69, 9.17) is 4.74 Å². The van der Waals surface area contributed by atoms with Crippen molar-refractivity contribution < 1.29 is 4.74 Å². The molecule has 0 amide bonds. The zero-order valence-corrected chi connectivity index (χ0v) is 12.3. The van der Waals surface area contributed by atoms with Crippen molar-refractivity contribution in [3.8, 4) is 0 Å². The minimum Gasteiger partial charge on any atom is -0.381 e. The van der Waals surface area contributed by atoms with Crippen molar-refractivity contribution >= 4 is 5.69 Å². The van der Waals surface area contributed by atoms with Gasteiger partial charge in [0.15, 0.2) is 0 Å². The topological polar surface area (TPSA) is 24.5 Å². The highest BCUT2D eigenvalue weighted by molar-refractivity contribution is 5.57. The summed E-state index contributed by atoms with van der Waals surface area (Å²) in [6, 6.07) is 8.82. The van der Waals surface area contributed by atoms with E-state index in [9.17, 15) is 0 Å². The molecule has 0 saturated carbocycles. The number of nitrogens with zero attached hydrogens (tertiary/aromatic N) is 1. The molecular weight excluding hydrogens is 248 g/mol. The zero-order chi connectivity index (χ0) is 13.6. The molecule has 1 fully saturated rings. The van der Waals surface area contributed by atoms with Crippen molar-refractivity contribution in [1.82, 2.24) is 5.32 Å². The number of rotatable bonds is 6. The van der Waals surface area contributed by atoms with Crippen LogP contribution in [0.1, 0.15) is 24.8 Å². The second-order valence-electron chi connectivity index (χ2n) is 6.01. The molecule has 3 nitrogen and oxygen atoms in total. The Balaban J connectivity index is 1.32. The lowest BCUT2D eigenvalue weighted by molar-refractivity contribution is 0.0549. The molecule has 1 aromatic carbocycles. The van der Waals surface area contributed by atoms with E-state index in [1.165, 1.54) is 50.0 Å². The summed E-state index contributed by atoms with van der Waals surface area (Å²) in [6.45, 7) is 6.52. The second-order valence-corrected chi connectivity index (χ2v) is 6.01. The number of ether oxygens (including phenoxy) is 1. The minimum absolute atomic E-state index is 0.733. The largest absolute Gasteiger partial charge is 0.381 e. The first kappa shape index (κ1) is 13.9. The lowest BCUT2D eigenvalue weighted by Crippen LogP contribution is -2.31. The van der Waals surface area contributed by atoms with Crippen LogP contribution in [0.15, 0.2) is 24.3 Å². The zero-order valence-electron chi connectivity index (χ0n) is 12.3. The Morgan fingerprint density at radius 1 is 1.30 bits per heavy atom. The Morgan fingerprint density at radius 3 is 3.15 bits per heavy atom. The number of benzene rings is 1. The Morgan fingerprint density at radius 2 is 2.25 bits per heavy atom. The summed E-state index contributed by atoms with van der Waals surface area (Å²) in [5, 5.41) is 3.60. The van der Waals surface area contributed by atoms with E-state index in [0.717, 1.165) is 32.2 Å². The van der Waals surface area contributed by atoms with E-state index in [-0.39, 0.29) is 0 Å². The molecule has 0 spiro atoms. The van der Waals surface area contributed by atoms with E-state index >= 15 is 0 Å². The Kier molecular flexibility index (Phi) is 4.93. The average Bonchev–Trinajstić information content (AvgIpc) is 2.91. The number of anilines is 1. The van der Waals surface area contributed by atoms with E-state index < -0.39 is 0 Å². The fourth-order valence-electron chi connectivity index (χ4n) is 3.31. The molecule has 0 aromatic heterocycles. The van der Waals surface area contributed by atoms with Gasteiger partial charge in [-0.2, -0.15) is 0 Å². The Labute approximate surface area is 122 Å². The molecule has 20 heavy (non-hydrogen) atoms. The monoisotopic (exact) mass is 274 g/mol. The van der Waals surface area contributed by atoms with Crippen LogP contribution in [-0.2, 0) is 11.2 Å². The number of hydrogen-bond acceptors (Lipinski definition) is 3. The fraction of sp³-hybridized carbons (Fsp3) is 0.647. The predicted octanol–water partition coefficient (Wildman–Crippen LogP) is 2.46. The van der Waals surface area contributed by atoms with Crippen LogP contribution >= 0.6 is 0 Å². The van der Waals surface area contributed by atoms with Gasteiger partial charge in [-0.25, -0.2) is 0 Å². The number of fused-ring (bicyclic) bond motifs is 1. The lowest BCUT2D eigenvalue weighted by atomic mass is 10.0. The summed E-state index contributed by atoms with van der Waals surface area (Å²) in [5.74, 6) is 0.733. The van der Waals surface area contributed by atoms with Crippen LogP contribution in [0.4, 0.5) is 5.69 Å². The molecule has 3 heteroatoms. The molecule has 1 aromatic rings. The second kappa shape index (κ2) is 7.09. The third-order valence-corrected chi connectivity index (χ3v) is 4.45. The van der Waals surface area contributed by atoms with Gasteiger partial charge in [-0.05, 0) is 49.8 Å². The summed E-state index contributed by atoms with van der Waals surface area (Å²) < 4.78 is 5.51. The van der Waals surface area contributed by atoms with Crippen LogP contribution in [0.25, 0.3) is 0 Å². The molecule has 2 aliphatic rings. The molecule has 1 N–H and O–H groups in total. The SMILES string of the molecule is c1ccc2c(c1)CCN2CCCNCC1CCCOC1. The van der Waals surface area contributed by atoms with Gasteiger partial charge in [0.1, 0.15) is 0 Å². The van der Waals surface area contributed by atoms with Crippen LogP contribution in [-0.4, -0.2) is 39.4 Å². The van der Waals surface area contributed by atoms with E-state index in [1.54, 1.807) is 0 Å². The van der Waals surface area contributed by atoms with Gasteiger partial charge < -0.3 is 15.0 Å². The lowest BCUT2D eigenvalue weighted by Gasteiger charge is -2.23. The van der Waals surface area contributed by atoms with Gasteiger partial charge in [-0.15, -0.1) is 0 Å². The van der Waals surface area contributed by atoms with Crippen molar-refractivity contribution in [2.75, 3.05) is 44.3 Å². The van der Waals surface area contributed by atoms with Crippen LogP contribution in [0.3, 0.4) is 0 Å². The molecule has 1 unspecified atom stereocenters. The van der Waals surface area contributed by atoms with Crippen molar-refractivity contribution in [3.63, 3.8) is 0 Å². The summed E-state index contributed by atoms with van der Waals surface area (Å²) in [6.07, 6.45) is 4.99. The summed E-state index contributed by atoms with van der Waals surface area (Å²) in [5.41, 5.74) is 2.97. The highest BCUT2D eigenvalue weighted by Gasteiger charge is 2.17. The van der Waals surface area contributed by atoms with Gasteiger partial charge in [0.2, 0.25) is 0 Å². The first-order chi connectivity index (χ1) is 9.93. The molecule has 110 valence electrons. The normalized spacial score (nSPS) is 22.0. The molecule has 0 aliphatic carbocycles. The van der Waals surface area contributed by atoms with Gasteiger partial charge in [0, 0.05) is 31.9 Å². The van der Waals surface area contributed by atoms with Crippen LogP contribution in [0, 0.1) is 5.92 Å². The molecular formula is C17H26N2O. The van der Waals surface area contributed by atoms with Gasteiger partial charge in [-0.3, -0.25) is 0 Å². The quantitative estimate of drug-likeness (QED) is 0.807. The van der Waals surface area contributed by atoms with Crippen LogP contribution in [0.2, 0.25) is 0 Å². The van der Waals surface area contributed by atoms with Crippen molar-refractivity contribution in [2.45, 2.75) is 25.7 Å². The van der Waals surface area contributed by atoms with Gasteiger partial charge in [-0.1, -0.05) is 18.2 Å². The first-order valence-electron chi connectivity index (χ1n) is 8.05. The smallest absolute Gasteiger partial charge is 0.0506 e. The Hall–Kier alpha value is -1.06.